The normalized spacial score (nSPS) is 28.4. The van der Waals surface area contributed by atoms with Crippen molar-refractivity contribution >= 4 is 5.57 Å². The van der Waals surface area contributed by atoms with Crippen LogP contribution in [0.25, 0.3) is 5.57 Å². The first-order chi connectivity index (χ1) is 15.7. The number of hydrogen-bond donors (Lipinski definition) is 2. The van der Waals surface area contributed by atoms with Crippen molar-refractivity contribution in [2.45, 2.75) is 74.3 Å². The van der Waals surface area contributed by atoms with Crippen LogP contribution >= 0.6 is 0 Å². The molecule has 0 saturated carbocycles. The van der Waals surface area contributed by atoms with Crippen LogP contribution in [-0.2, 0) is 13.0 Å². The Labute approximate surface area is 207 Å². The van der Waals surface area contributed by atoms with Gasteiger partial charge in [-0.15, -0.1) is 0 Å². The standard InChI is InChI=1S/C32H42N2/c1-17(2)34-16-26-12-18(3)27-13-25-15-31(10)14-19(4)28(24(9)33)22(7)32(31,11)23(8)30(25)21(6)29(27)20(26)5/h12,25,34H,1,6-7,9,13-16,33H2,2-5,8,10-11H3/t25?,31-,32+/m1/s1. The fourth-order valence-electron chi connectivity index (χ4n) is 7.54. The summed E-state index contributed by atoms with van der Waals surface area (Å²) < 4.78 is 0. The predicted octanol–water partition coefficient (Wildman–Crippen LogP) is 7.59. The lowest BCUT2D eigenvalue weighted by Gasteiger charge is -2.59. The molecule has 1 aromatic carbocycles. The van der Waals surface area contributed by atoms with Gasteiger partial charge in [-0.25, -0.2) is 0 Å². The van der Waals surface area contributed by atoms with Crippen molar-refractivity contribution in [1.82, 2.24) is 5.32 Å². The summed E-state index contributed by atoms with van der Waals surface area (Å²) in [5.41, 5.74) is 22.3. The van der Waals surface area contributed by atoms with Gasteiger partial charge in [0.05, 0.1) is 0 Å². The van der Waals surface area contributed by atoms with Crippen LogP contribution in [0.5, 0.6) is 0 Å². The maximum Gasteiger partial charge on any atom is 0.0400 e. The van der Waals surface area contributed by atoms with E-state index in [4.69, 9.17) is 12.3 Å². The fourth-order valence-corrected chi connectivity index (χ4v) is 7.54. The summed E-state index contributed by atoms with van der Waals surface area (Å²) in [5.74, 6) is 0.485. The average Bonchev–Trinajstić information content (AvgIpc) is 2.71. The highest BCUT2D eigenvalue weighted by molar-refractivity contribution is 5.86. The third-order valence-corrected chi connectivity index (χ3v) is 9.46. The van der Waals surface area contributed by atoms with E-state index >= 15 is 0 Å². The van der Waals surface area contributed by atoms with E-state index in [-0.39, 0.29) is 10.8 Å². The van der Waals surface area contributed by atoms with Crippen molar-refractivity contribution in [2.24, 2.45) is 22.5 Å². The number of fused-ring (bicyclic) bond motifs is 3. The first kappa shape index (κ1) is 24.4. The van der Waals surface area contributed by atoms with E-state index in [2.05, 4.69) is 72.7 Å². The van der Waals surface area contributed by atoms with Crippen molar-refractivity contribution in [3.05, 3.63) is 99.5 Å². The minimum Gasteiger partial charge on any atom is -0.399 e. The molecule has 0 aromatic heterocycles. The Hall–Kier alpha value is -2.74. The molecule has 3 N–H and O–H groups in total. The largest absolute Gasteiger partial charge is 0.399 e. The number of nitrogens with one attached hydrogen (secondary N) is 1. The SMILES string of the molecule is C=C(C)NCc1cc(C)c2c(c1C)C(=C)C1=C(C)[C@]3(C)C(=C)C(C(=C)N)=C(C)C[C@]3(C)CC1C2. The quantitative estimate of drug-likeness (QED) is 0.492. The van der Waals surface area contributed by atoms with E-state index in [0.717, 1.165) is 42.7 Å². The number of aryl methyl sites for hydroxylation is 1. The van der Waals surface area contributed by atoms with Crippen molar-refractivity contribution < 1.29 is 0 Å². The molecule has 2 heteroatoms. The van der Waals surface area contributed by atoms with E-state index in [1.807, 2.05) is 6.92 Å². The molecule has 0 spiro atoms. The second-order valence-electron chi connectivity index (χ2n) is 11.6. The molecule has 1 unspecified atom stereocenters. The lowest BCUT2D eigenvalue weighted by molar-refractivity contribution is 0.0878. The van der Waals surface area contributed by atoms with Gasteiger partial charge in [0.15, 0.2) is 0 Å². The molecule has 1 aromatic rings. The van der Waals surface area contributed by atoms with Crippen LogP contribution in [0.2, 0.25) is 0 Å². The highest BCUT2D eigenvalue weighted by Gasteiger charge is 2.56. The molecule has 4 rings (SSSR count). The minimum absolute atomic E-state index is 0.0947. The minimum atomic E-state index is -0.168. The third kappa shape index (κ3) is 3.21. The number of rotatable bonds is 4. The molecule has 34 heavy (non-hydrogen) atoms. The highest BCUT2D eigenvalue weighted by Crippen LogP contribution is 2.67. The van der Waals surface area contributed by atoms with Crippen LogP contribution in [-0.4, -0.2) is 0 Å². The van der Waals surface area contributed by atoms with Crippen molar-refractivity contribution in [2.75, 3.05) is 0 Å². The summed E-state index contributed by atoms with van der Waals surface area (Å²) in [7, 11) is 0. The summed E-state index contributed by atoms with van der Waals surface area (Å²) in [6.45, 7) is 34.2. The molecule has 2 nitrogen and oxygen atoms in total. The molecule has 0 fully saturated rings. The van der Waals surface area contributed by atoms with Crippen LogP contribution in [0.3, 0.4) is 0 Å². The van der Waals surface area contributed by atoms with E-state index in [0.29, 0.717) is 11.6 Å². The first-order valence-electron chi connectivity index (χ1n) is 12.5. The monoisotopic (exact) mass is 454 g/mol. The second kappa shape index (κ2) is 7.90. The third-order valence-electron chi connectivity index (χ3n) is 9.46. The van der Waals surface area contributed by atoms with Gasteiger partial charge in [0, 0.05) is 23.4 Å². The second-order valence-corrected chi connectivity index (χ2v) is 11.6. The molecule has 3 aliphatic carbocycles. The Bertz CT molecular complexity index is 1230. The molecule has 0 amide bonds. The van der Waals surface area contributed by atoms with Crippen LogP contribution in [0.1, 0.15) is 75.3 Å². The van der Waals surface area contributed by atoms with Gasteiger partial charge >= 0.3 is 0 Å². The van der Waals surface area contributed by atoms with E-state index in [1.165, 1.54) is 50.1 Å². The lowest BCUT2D eigenvalue weighted by Crippen LogP contribution is -2.49. The first-order valence-corrected chi connectivity index (χ1v) is 12.5. The van der Waals surface area contributed by atoms with E-state index in [1.54, 1.807) is 0 Å². The molecule has 180 valence electrons. The Morgan fingerprint density at radius 1 is 1.15 bits per heavy atom. The number of benzene rings is 1. The zero-order valence-corrected chi connectivity index (χ0v) is 22.4. The Balaban J connectivity index is 1.91. The summed E-state index contributed by atoms with van der Waals surface area (Å²) in [4.78, 5) is 0. The van der Waals surface area contributed by atoms with Crippen LogP contribution < -0.4 is 11.1 Å². The molecule has 3 aliphatic rings. The molecule has 3 atom stereocenters. The van der Waals surface area contributed by atoms with Crippen LogP contribution in [0, 0.1) is 30.6 Å². The predicted molar refractivity (Wildman–Crippen MR) is 147 cm³/mol. The molecule has 0 saturated heterocycles. The fraction of sp³-hybridized carbons (Fsp3) is 0.438. The zero-order valence-electron chi connectivity index (χ0n) is 22.4. The number of allylic oxidation sites excluding steroid dienone is 6. The Morgan fingerprint density at radius 3 is 2.38 bits per heavy atom. The Morgan fingerprint density at radius 2 is 1.79 bits per heavy atom. The maximum absolute atomic E-state index is 6.28. The van der Waals surface area contributed by atoms with Gasteiger partial charge in [0.1, 0.15) is 0 Å². The van der Waals surface area contributed by atoms with Crippen LogP contribution in [0.4, 0.5) is 0 Å². The number of hydrogen-bond acceptors (Lipinski definition) is 2. The van der Waals surface area contributed by atoms with Crippen molar-refractivity contribution in [1.29, 1.82) is 0 Å². The summed E-state index contributed by atoms with van der Waals surface area (Å²) in [5, 5.41) is 3.42. The number of nitrogens with two attached hydrogens (primary N) is 1. The summed E-state index contributed by atoms with van der Waals surface area (Å²) in [6, 6.07) is 2.36. The molecule has 0 radical (unpaired) electrons. The van der Waals surface area contributed by atoms with Crippen molar-refractivity contribution in [3.63, 3.8) is 0 Å². The molecule has 0 bridgehead atoms. The molecule has 0 heterocycles. The highest BCUT2D eigenvalue weighted by atomic mass is 14.9. The smallest absolute Gasteiger partial charge is 0.0400 e. The van der Waals surface area contributed by atoms with Gasteiger partial charge in [-0.3, -0.25) is 0 Å². The van der Waals surface area contributed by atoms with Gasteiger partial charge in [-0.1, -0.05) is 57.4 Å². The topological polar surface area (TPSA) is 38.0 Å². The van der Waals surface area contributed by atoms with Gasteiger partial charge in [-0.2, -0.15) is 0 Å². The van der Waals surface area contributed by atoms with Gasteiger partial charge < -0.3 is 11.1 Å². The summed E-state index contributed by atoms with van der Waals surface area (Å²) in [6.07, 6.45) is 3.24. The van der Waals surface area contributed by atoms with Gasteiger partial charge in [-0.05, 0) is 115 Å². The van der Waals surface area contributed by atoms with Crippen molar-refractivity contribution in [3.8, 4) is 0 Å². The van der Waals surface area contributed by atoms with Gasteiger partial charge in [0.25, 0.3) is 0 Å². The van der Waals surface area contributed by atoms with E-state index in [9.17, 15) is 0 Å². The maximum atomic E-state index is 6.28. The van der Waals surface area contributed by atoms with Crippen LogP contribution in [0.15, 0.2) is 71.6 Å². The van der Waals surface area contributed by atoms with Gasteiger partial charge in [0.2, 0.25) is 0 Å². The zero-order chi connectivity index (χ0) is 25.3. The lowest BCUT2D eigenvalue weighted by atomic mass is 9.44. The molecular formula is C32H42N2. The summed E-state index contributed by atoms with van der Waals surface area (Å²) >= 11 is 0. The molecule has 0 aliphatic heterocycles. The van der Waals surface area contributed by atoms with E-state index < -0.39 is 0 Å². The Kier molecular flexibility index (Phi) is 5.67. The molecular weight excluding hydrogens is 412 g/mol. The average molecular weight is 455 g/mol.